The topological polar surface area (TPSA) is 55.4 Å². The monoisotopic (exact) mass is 253 g/mol. The molecule has 0 aromatic carbocycles. The SMILES string of the molecule is C/C=C/C(=O)C1CCCC1NC(=O)OC(C)(C)C. The van der Waals surface area contributed by atoms with E-state index in [0.717, 1.165) is 19.3 Å². The minimum atomic E-state index is -0.508. The van der Waals surface area contributed by atoms with E-state index in [4.69, 9.17) is 4.74 Å². The zero-order valence-corrected chi connectivity index (χ0v) is 11.7. The van der Waals surface area contributed by atoms with Gasteiger partial charge in [-0.2, -0.15) is 0 Å². The van der Waals surface area contributed by atoms with E-state index >= 15 is 0 Å². The highest BCUT2D eigenvalue weighted by Crippen LogP contribution is 2.27. The molecule has 4 heteroatoms. The molecule has 1 N–H and O–H groups in total. The number of carbonyl (C=O) groups is 2. The summed E-state index contributed by atoms with van der Waals surface area (Å²) in [4.78, 5) is 23.5. The standard InChI is InChI=1S/C14H23NO3/c1-5-7-12(16)10-8-6-9-11(10)15-13(17)18-14(2,3)4/h5,7,10-11H,6,8-9H2,1-4H3,(H,15,17)/b7-5+. The van der Waals surface area contributed by atoms with Crippen molar-refractivity contribution >= 4 is 11.9 Å². The van der Waals surface area contributed by atoms with E-state index in [-0.39, 0.29) is 17.7 Å². The first-order valence-corrected chi connectivity index (χ1v) is 6.49. The Balaban J connectivity index is 2.55. The Hall–Kier alpha value is -1.32. The number of ether oxygens (including phenoxy) is 1. The number of amides is 1. The molecule has 1 amide bonds. The number of alkyl carbamates (subject to hydrolysis) is 1. The van der Waals surface area contributed by atoms with Gasteiger partial charge in [0.2, 0.25) is 0 Å². The molecule has 0 bridgehead atoms. The molecular formula is C14H23NO3. The number of hydrogen-bond acceptors (Lipinski definition) is 3. The molecule has 1 fully saturated rings. The van der Waals surface area contributed by atoms with Crippen LogP contribution in [-0.4, -0.2) is 23.5 Å². The molecule has 1 saturated carbocycles. The summed E-state index contributed by atoms with van der Waals surface area (Å²) in [5, 5.41) is 2.81. The summed E-state index contributed by atoms with van der Waals surface area (Å²) in [6.07, 6.45) is 5.53. The molecule has 0 heterocycles. The Labute approximate surface area is 109 Å². The second-order valence-corrected chi connectivity index (χ2v) is 5.69. The Morgan fingerprint density at radius 1 is 1.28 bits per heavy atom. The normalized spacial score (nSPS) is 24.2. The maximum atomic E-state index is 11.8. The van der Waals surface area contributed by atoms with Crippen LogP contribution in [0.1, 0.15) is 47.0 Å². The van der Waals surface area contributed by atoms with Crippen molar-refractivity contribution in [3.63, 3.8) is 0 Å². The van der Waals surface area contributed by atoms with Gasteiger partial charge in [0.25, 0.3) is 0 Å². The van der Waals surface area contributed by atoms with Crippen molar-refractivity contribution in [3.8, 4) is 0 Å². The van der Waals surface area contributed by atoms with Crippen LogP contribution >= 0.6 is 0 Å². The summed E-state index contributed by atoms with van der Waals surface area (Å²) in [5.41, 5.74) is -0.508. The zero-order valence-electron chi connectivity index (χ0n) is 11.7. The molecule has 0 radical (unpaired) electrons. The van der Waals surface area contributed by atoms with Gasteiger partial charge in [-0.05, 0) is 46.6 Å². The molecule has 2 atom stereocenters. The van der Waals surface area contributed by atoms with Crippen molar-refractivity contribution < 1.29 is 14.3 Å². The smallest absolute Gasteiger partial charge is 0.407 e. The predicted molar refractivity (Wildman–Crippen MR) is 70.3 cm³/mol. The third kappa shape index (κ3) is 4.51. The molecule has 0 spiro atoms. The van der Waals surface area contributed by atoms with Crippen molar-refractivity contribution in [1.29, 1.82) is 0 Å². The van der Waals surface area contributed by atoms with Crippen molar-refractivity contribution in [1.82, 2.24) is 5.32 Å². The van der Waals surface area contributed by atoms with Gasteiger partial charge >= 0.3 is 6.09 Å². The van der Waals surface area contributed by atoms with E-state index in [2.05, 4.69) is 5.32 Å². The third-order valence-corrected chi connectivity index (χ3v) is 2.91. The van der Waals surface area contributed by atoms with Crippen LogP contribution in [0.25, 0.3) is 0 Å². The number of allylic oxidation sites excluding steroid dienone is 2. The highest BCUT2D eigenvalue weighted by atomic mass is 16.6. The van der Waals surface area contributed by atoms with Crippen LogP contribution in [0.2, 0.25) is 0 Å². The Bertz CT molecular complexity index is 341. The van der Waals surface area contributed by atoms with Crippen LogP contribution in [0.15, 0.2) is 12.2 Å². The molecule has 2 unspecified atom stereocenters. The van der Waals surface area contributed by atoms with Crippen LogP contribution in [0.3, 0.4) is 0 Å². The van der Waals surface area contributed by atoms with Gasteiger partial charge in [0.05, 0.1) is 0 Å². The van der Waals surface area contributed by atoms with E-state index in [0.29, 0.717) is 0 Å². The van der Waals surface area contributed by atoms with Gasteiger partial charge in [-0.3, -0.25) is 4.79 Å². The molecule has 1 aliphatic carbocycles. The van der Waals surface area contributed by atoms with Crippen molar-refractivity contribution in [2.24, 2.45) is 5.92 Å². The lowest BCUT2D eigenvalue weighted by molar-refractivity contribution is -0.118. The van der Waals surface area contributed by atoms with Crippen LogP contribution in [-0.2, 0) is 9.53 Å². The zero-order chi connectivity index (χ0) is 13.8. The van der Waals surface area contributed by atoms with Gasteiger partial charge in [-0.1, -0.05) is 12.5 Å². The number of rotatable bonds is 3. The fourth-order valence-corrected chi connectivity index (χ4v) is 2.22. The summed E-state index contributed by atoms with van der Waals surface area (Å²) >= 11 is 0. The Morgan fingerprint density at radius 3 is 2.50 bits per heavy atom. The molecular weight excluding hydrogens is 230 g/mol. The van der Waals surface area contributed by atoms with Crippen LogP contribution in [0.4, 0.5) is 4.79 Å². The number of carbonyl (C=O) groups excluding carboxylic acids is 2. The first-order chi connectivity index (χ1) is 8.33. The minimum Gasteiger partial charge on any atom is -0.444 e. The summed E-state index contributed by atoms with van der Waals surface area (Å²) in [6, 6.07) is -0.0939. The fraction of sp³-hybridized carbons (Fsp3) is 0.714. The van der Waals surface area contributed by atoms with E-state index in [9.17, 15) is 9.59 Å². The summed E-state index contributed by atoms with van der Waals surface area (Å²) in [7, 11) is 0. The van der Waals surface area contributed by atoms with E-state index < -0.39 is 11.7 Å². The molecule has 1 rings (SSSR count). The average Bonchev–Trinajstić information content (AvgIpc) is 2.62. The van der Waals surface area contributed by atoms with Gasteiger partial charge in [-0.15, -0.1) is 0 Å². The van der Waals surface area contributed by atoms with E-state index in [1.165, 1.54) is 0 Å². The first kappa shape index (κ1) is 14.7. The average molecular weight is 253 g/mol. The van der Waals surface area contributed by atoms with Gasteiger partial charge in [0.1, 0.15) is 5.60 Å². The van der Waals surface area contributed by atoms with Gasteiger partial charge in [0.15, 0.2) is 5.78 Å². The van der Waals surface area contributed by atoms with Gasteiger partial charge < -0.3 is 10.1 Å². The molecule has 1 aliphatic rings. The maximum Gasteiger partial charge on any atom is 0.407 e. The number of hydrogen-bond donors (Lipinski definition) is 1. The number of nitrogens with one attached hydrogen (secondary N) is 1. The quantitative estimate of drug-likeness (QED) is 0.787. The van der Waals surface area contributed by atoms with E-state index in [1.807, 2.05) is 27.7 Å². The predicted octanol–water partition coefficient (Wildman–Crippen LogP) is 2.83. The van der Waals surface area contributed by atoms with Crippen LogP contribution in [0, 0.1) is 5.92 Å². The Morgan fingerprint density at radius 2 is 1.94 bits per heavy atom. The Kier molecular flexibility index (Phi) is 4.93. The molecule has 0 aliphatic heterocycles. The van der Waals surface area contributed by atoms with Crippen molar-refractivity contribution in [2.45, 2.75) is 58.6 Å². The molecule has 4 nitrogen and oxygen atoms in total. The minimum absolute atomic E-state index is 0.0936. The maximum absolute atomic E-state index is 11.8. The van der Waals surface area contributed by atoms with Crippen molar-refractivity contribution in [3.05, 3.63) is 12.2 Å². The highest BCUT2D eigenvalue weighted by molar-refractivity contribution is 5.92. The largest absolute Gasteiger partial charge is 0.444 e. The lowest BCUT2D eigenvalue weighted by Gasteiger charge is -2.23. The molecule has 18 heavy (non-hydrogen) atoms. The highest BCUT2D eigenvalue weighted by Gasteiger charge is 2.33. The number of ketones is 1. The molecule has 102 valence electrons. The molecule has 0 aromatic heterocycles. The fourth-order valence-electron chi connectivity index (χ4n) is 2.22. The second kappa shape index (κ2) is 6.03. The molecule has 0 saturated heterocycles. The van der Waals surface area contributed by atoms with Gasteiger partial charge in [0, 0.05) is 12.0 Å². The van der Waals surface area contributed by atoms with E-state index in [1.54, 1.807) is 12.2 Å². The van der Waals surface area contributed by atoms with Crippen molar-refractivity contribution in [2.75, 3.05) is 0 Å². The summed E-state index contributed by atoms with van der Waals surface area (Å²) in [6.45, 7) is 7.29. The van der Waals surface area contributed by atoms with Gasteiger partial charge in [-0.25, -0.2) is 4.79 Å². The lowest BCUT2D eigenvalue weighted by atomic mass is 9.98. The lowest BCUT2D eigenvalue weighted by Crippen LogP contribution is -2.42. The van der Waals surface area contributed by atoms with Crippen LogP contribution < -0.4 is 5.32 Å². The second-order valence-electron chi connectivity index (χ2n) is 5.69. The van der Waals surface area contributed by atoms with Crippen LogP contribution in [0.5, 0.6) is 0 Å². The first-order valence-electron chi connectivity index (χ1n) is 6.49. The summed E-state index contributed by atoms with van der Waals surface area (Å²) < 4.78 is 5.21. The third-order valence-electron chi connectivity index (χ3n) is 2.91. The molecule has 0 aromatic rings. The summed E-state index contributed by atoms with van der Waals surface area (Å²) in [5.74, 6) is -0.00947.